The van der Waals surface area contributed by atoms with E-state index in [2.05, 4.69) is 5.10 Å². The minimum Gasteiger partial charge on any atom is -0.496 e. The molecule has 3 rings (SSSR count). The van der Waals surface area contributed by atoms with Crippen LogP contribution in [0.3, 0.4) is 0 Å². The lowest BCUT2D eigenvalue weighted by molar-refractivity contribution is -0.146. The van der Waals surface area contributed by atoms with Crippen LogP contribution in [0.1, 0.15) is 23.6 Å². The number of ether oxygens (including phenoxy) is 3. The van der Waals surface area contributed by atoms with Crippen LogP contribution in [-0.2, 0) is 4.79 Å². The number of carbonyl (C=O) groups excluding carboxylic acids is 1. The number of carbonyl (C=O) groups is 1. The Bertz CT molecular complexity index is 790. The minimum atomic E-state index is -0.0314. The highest BCUT2D eigenvalue weighted by atomic mass is 16.5. The van der Waals surface area contributed by atoms with E-state index in [-0.39, 0.29) is 11.9 Å². The Labute approximate surface area is 146 Å². The highest BCUT2D eigenvalue weighted by Gasteiger charge is 2.37. The van der Waals surface area contributed by atoms with Gasteiger partial charge in [0.2, 0.25) is 5.91 Å². The van der Waals surface area contributed by atoms with Crippen LogP contribution >= 0.6 is 0 Å². The molecule has 1 aliphatic rings. The predicted octanol–water partition coefficient (Wildman–Crippen LogP) is 3.02. The third-order valence-corrected chi connectivity index (χ3v) is 4.16. The Morgan fingerprint density at radius 3 is 2.24 bits per heavy atom. The Morgan fingerprint density at radius 2 is 1.64 bits per heavy atom. The molecular formula is C19H20N2O4. The molecule has 6 nitrogen and oxygen atoms in total. The Hall–Kier alpha value is -3.02. The summed E-state index contributed by atoms with van der Waals surface area (Å²) in [5, 5.41) is 5.85. The van der Waals surface area contributed by atoms with E-state index in [0.717, 1.165) is 5.56 Å². The molecule has 6 heteroatoms. The quantitative estimate of drug-likeness (QED) is 0.599. The number of β-lactam (4-membered cyclic amide) rings is 1. The molecule has 25 heavy (non-hydrogen) atoms. The lowest BCUT2D eigenvalue weighted by Gasteiger charge is -2.36. The molecule has 1 atom stereocenters. The second-order valence-electron chi connectivity index (χ2n) is 5.56. The van der Waals surface area contributed by atoms with Gasteiger partial charge >= 0.3 is 0 Å². The molecule has 1 amide bonds. The fourth-order valence-corrected chi connectivity index (χ4v) is 2.76. The molecule has 1 unspecified atom stereocenters. The van der Waals surface area contributed by atoms with Crippen LogP contribution in [-0.4, -0.2) is 38.5 Å². The molecule has 130 valence electrons. The van der Waals surface area contributed by atoms with E-state index in [9.17, 15) is 4.79 Å². The number of hydrogen-bond donors (Lipinski definition) is 0. The molecule has 1 heterocycles. The van der Waals surface area contributed by atoms with Gasteiger partial charge < -0.3 is 14.2 Å². The van der Waals surface area contributed by atoms with Crippen molar-refractivity contribution in [3.05, 3.63) is 53.6 Å². The van der Waals surface area contributed by atoms with Crippen LogP contribution in [0.15, 0.2) is 47.6 Å². The summed E-state index contributed by atoms with van der Waals surface area (Å²) in [5.41, 5.74) is 1.77. The highest BCUT2D eigenvalue weighted by molar-refractivity contribution is 5.88. The van der Waals surface area contributed by atoms with Crippen LogP contribution < -0.4 is 14.2 Å². The van der Waals surface area contributed by atoms with Gasteiger partial charge in [-0.3, -0.25) is 4.79 Å². The summed E-state index contributed by atoms with van der Waals surface area (Å²) in [6, 6.07) is 13.3. The second kappa shape index (κ2) is 7.25. The average molecular weight is 340 g/mol. The fourth-order valence-electron chi connectivity index (χ4n) is 2.76. The normalized spacial score (nSPS) is 16.7. The molecule has 2 aromatic rings. The summed E-state index contributed by atoms with van der Waals surface area (Å²) < 4.78 is 16.0. The van der Waals surface area contributed by atoms with Gasteiger partial charge in [0.05, 0.1) is 40.0 Å². The van der Waals surface area contributed by atoms with Gasteiger partial charge in [0.25, 0.3) is 0 Å². The van der Waals surface area contributed by atoms with Crippen molar-refractivity contribution < 1.29 is 19.0 Å². The molecule has 0 bridgehead atoms. The lowest BCUT2D eigenvalue weighted by atomic mass is 9.96. The van der Waals surface area contributed by atoms with E-state index in [1.165, 1.54) is 5.01 Å². The van der Waals surface area contributed by atoms with Gasteiger partial charge in [-0.2, -0.15) is 5.10 Å². The summed E-state index contributed by atoms with van der Waals surface area (Å²) in [6.07, 6.45) is 2.07. The molecule has 0 spiro atoms. The first kappa shape index (κ1) is 16.8. The van der Waals surface area contributed by atoms with Crippen LogP contribution in [0.25, 0.3) is 0 Å². The monoisotopic (exact) mass is 340 g/mol. The van der Waals surface area contributed by atoms with E-state index >= 15 is 0 Å². The first-order valence-electron chi connectivity index (χ1n) is 7.89. The standard InChI is InChI=1S/C19H20N2O4/c1-23-16-11-18(25-3)17(24-2)9-14(16)12-20-21-15(10-19(21)22)13-7-5-4-6-8-13/h4-9,11-12,15H,10H2,1-3H3. The summed E-state index contributed by atoms with van der Waals surface area (Å²) in [5.74, 6) is 1.72. The zero-order valence-corrected chi connectivity index (χ0v) is 14.4. The third-order valence-electron chi connectivity index (χ3n) is 4.16. The van der Waals surface area contributed by atoms with Crippen molar-refractivity contribution >= 4 is 12.1 Å². The number of hydrogen-bond acceptors (Lipinski definition) is 5. The molecule has 0 aliphatic carbocycles. The molecule has 1 fully saturated rings. The van der Waals surface area contributed by atoms with Crippen molar-refractivity contribution in [3.63, 3.8) is 0 Å². The van der Waals surface area contributed by atoms with E-state index in [4.69, 9.17) is 14.2 Å². The number of methoxy groups -OCH3 is 3. The summed E-state index contributed by atoms with van der Waals surface area (Å²) >= 11 is 0. The maximum atomic E-state index is 11.9. The van der Waals surface area contributed by atoms with Crippen LogP contribution in [0, 0.1) is 0 Å². The van der Waals surface area contributed by atoms with Crippen molar-refractivity contribution in [2.45, 2.75) is 12.5 Å². The first-order chi connectivity index (χ1) is 12.2. The van der Waals surface area contributed by atoms with Crippen LogP contribution in [0.4, 0.5) is 0 Å². The summed E-state index contributed by atoms with van der Waals surface area (Å²) in [6.45, 7) is 0. The zero-order valence-electron chi connectivity index (χ0n) is 14.4. The minimum absolute atomic E-state index is 0.00968. The number of nitrogens with zero attached hydrogens (tertiary/aromatic N) is 2. The van der Waals surface area contributed by atoms with Crippen LogP contribution in [0.5, 0.6) is 17.2 Å². The Morgan fingerprint density at radius 1 is 1.00 bits per heavy atom. The van der Waals surface area contributed by atoms with E-state index in [1.807, 2.05) is 30.3 Å². The van der Waals surface area contributed by atoms with Crippen LogP contribution in [0.2, 0.25) is 0 Å². The van der Waals surface area contributed by atoms with Crippen molar-refractivity contribution in [2.24, 2.45) is 5.10 Å². The third kappa shape index (κ3) is 3.28. The van der Waals surface area contributed by atoms with Crippen molar-refractivity contribution in [1.82, 2.24) is 5.01 Å². The number of amides is 1. The van der Waals surface area contributed by atoms with Gasteiger partial charge in [0.15, 0.2) is 11.5 Å². The van der Waals surface area contributed by atoms with E-state index < -0.39 is 0 Å². The second-order valence-corrected chi connectivity index (χ2v) is 5.56. The predicted molar refractivity (Wildman–Crippen MR) is 94.3 cm³/mol. The molecular weight excluding hydrogens is 320 g/mol. The molecule has 1 aliphatic heterocycles. The lowest BCUT2D eigenvalue weighted by Crippen LogP contribution is -2.42. The fraction of sp³-hybridized carbons (Fsp3) is 0.263. The van der Waals surface area contributed by atoms with Gasteiger partial charge in [0, 0.05) is 11.6 Å². The van der Waals surface area contributed by atoms with Gasteiger partial charge in [0.1, 0.15) is 5.75 Å². The molecule has 0 N–H and O–H groups in total. The van der Waals surface area contributed by atoms with Gasteiger partial charge in [-0.15, -0.1) is 0 Å². The first-order valence-corrected chi connectivity index (χ1v) is 7.89. The SMILES string of the molecule is COc1cc(OC)c(OC)cc1C=NN1C(=O)CC1c1ccccc1. The number of benzene rings is 2. The van der Waals surface area contributed by atoms with Crippen molar-refractivity contribution in [1.29, 1.82) is 0 Å². The molecule has 0 radical (unpaired) electrons. The largest absolute Gasteiger partial charge is 0.496 e. The highest BCUT2D eigenvalue weighted by Crippen LogP contribution is 2.36. The summed E-state index contributed by atoms with van der Waals surface area (Å²) in [7, 11) is 4.70. The molecule has 2 aromatic carbocycles. The van der Waals surface area contributed by atoms with E-state index in [1.54, 1.807) is 39.7 Å². The van der Waals surface area contributed by atoms with Gasteiger partial charge in [-0.1, -0.05) is 30.3 Å². The smallest absolute Gasteiger partial charge is 0.245 e. The van der Waals surface area contributed by atoms with Crippen molar-refractivity contribution in [2.75, 3.05) is 21.3 Å². The summed E-state index contributed by atoms with van der Waals surface area (Å²) in [4.78, 5) is 11.9. The number of rotatable bonds is 6. The maximum absolute atomic E-state index is 11.9. The molecule has 0 saturated carbocycles. The average Bonchev–Trinajstić information content (AvgIpc) is 2.66. The molecule has 1 saturated heterocycles. The maximum Gasteiger partial charge on any atom is 0.245 e. The van der Waals surface area contributed by atoms with Crippen molar-refractivity contribution in [3.8, 4) is 17.2 Å². The van der Waals surface area contributed by atoms with E-state index in [0.29, 0.717) is 29.2 Å². The van der Waals surface area contributed by atoms with Gasteiger partial charge in [-0.25, -0.2) is 5.01 Å². The zero-order chi connectivity index (χ0) is 17.8. The topological polar surface area (TPSA) is 60.4 Å². The Kier molecular flexibility index (Phi) is 4.88. The van der Waals surface area contributed by atoms with Gasteiger partial charge in [-0.05, 0) is 11.6 Å². The Balaban J connectivity index is 1.87. The number of hydrazone groups is 1. The molecule has 0 aromatic heterocycles.